The molecule has 0 aliphatic carbocycles. The Morgan fingerprint density at radius 1 is 0.967 bits per heavy atom. The summed E-state index contributed by atoms with van der Waals surface area (Å²) in [7, 11) is -4.47. The van der Waals surface area contributed by atoms with E-state index in [2.05, 4.69) is 4.72 Å². The molecule has 0 aromatic heterocycles. The lowest BCUT2D eigenvalue weighted by Gasteiger charge is -2.26. The fraction of sp³-hybridized carbons (Fsp3) is 0.316. The van der Waals surface area contributed by atoms with Crippen molar-refractivity contribution in [3.8, 4) is 0 Å². The van der Waals surface area contributed by atoms with Crippen molar-refractivity contribution in [3.63, 3.8) is 0 Å². The number of anilines is 1. The minimum atomic E-state index is -3.97. The number of nitrogens with one attached hydrogen (secondary N) is 1. The van der Waals surface area contributed by atoms with E-state index in [1.165, 1.54) is 45.6 Å². The summed E-state index contributed by atoms with van der Waals surface area (Å²) in [6.07, 6.45) is 0. The Kier molecular flexibility index (Phi) is 6.46. The van der Waals surface area contributed by atoms with Gasteiger partial charge in [-0.05, 0) is 42.5 Å². The first-order chi connectivity index (χ1) is 14.1. The van der Waals surface area contributed by atoms with E-state index in [9.17, 15) is 21.6 Å². The van der Waals surface area contributed by atoms with E-state index in [4.69, 9.17) is 4.74 Å². The summed E-state index contributed by atoms with van der Waals surface area (Å²) in [4.78, 5) is 13.4. The van der Waals surface area contributed by atoms with Gasteiger partial charge in [0.25, 0.3) is 15.9 Å². The van der Waals surface area contributed by atoms with Gasteiger partial charge in [-0.1, -0.05) is 6.07 Å². The van der Waals surface area contributed by atoms with E-state index >= 15 is 0 Å². The van der Waals surface area contributed by atoms with E-state index in [1.807, 2.05) is 0 Å². The Hall–Kier alpha value is -2.47. The zero-order valence-electron chi connectivity index (χ0n) is 16.6. The summed E-state index contributed by atoms with van der Waals surface area (Å²) in [5.41, 5.74) is 0.569. The first kappa shape index (κ1) is 22.2. The van der Waals surface area contributed by atoms with Crippen molar-refractivity contribution >= 4 is 31.6 Å². The third kappa shape index (κ3) is 4.81. The van der Waals surface area contributed by atoms with Crippen LogP contribution in [0.25, 0.3) is 0 Å². The fourth-order valence-corrected chi connectivity index (χ4v) is 5.37. The van der Waals surface area contributed by atoms with E-state index in [0.717, 1.165) is 0 Å². The number of sulfonamides is 2. The molecule has 9 nitrogen and oxygen atoms in total. The maximum absolute atomic E-state index is 12.7. The van der Waals surface area contributed by atoms with E-state index in [0.29, 0.717) is 18.8 Å². The van der Waals surface area contributed by atoms with Crippen LogP contribution in [-0.4, -0.2) is 72.3 Å². The minimum Gasteiger partial charge on any atom is -0.379 e. The van der Waals surface area contributed by atoms with Crippen LogP contribution in [0.4, 0.5) is 5.69 Å². The highest BCUT2D eigenvalue weighted by atomic mass is 32.2. The molecule has 2 aromatic carbocycles. The van der Waals surface area contributed by atoms with Crippen LogP contribution in [0.1, 0.15) is 10.4 Å². The number of carbonyl (C=O) groups is 1. The Bertz CT molecular complexity index is 1120. The number of carbonyl (C=O) groups excluding carboxylic acids is 1. The molecule has 0 spiro atoms. The normalized spacial score (nSPS) is 15.5. The van der Waals surface area contributed by atoms with Gasteiger partial charge in [0, 0.05) is 38.4 Å². The lowest BCUT2D eigenvalue weighted by atomic mass is 10.2. The zero-order chi connectivity index (χ0) is 21.9. The molecular formula is C19H23N3O6S2. The van der Waals surface area contributed by atoms with Gasteiger partial charge in [0.2, 0.25) is 10.0 Å². The summed E-state index contributed by atoms with van der Waals surface area (Å²) in [5.74, 6) is -0.256. The number of ether oxygens (including phenoxy) is 1. The highest BCUT2D eigenvalue weighted by Gasteiger charge is 2.27. The average molecular weight is 454 g/mol. The van der Waals surface area contributed by atoms with Crippen LogP contribution >= 0.6 is 0 Å². The molecule has 1 fully saturated rings. The Morgan fingerprint density at radius 3 is 2.17 bits per heavy atom. The molecule has 0 radical (unpaired) electrons. The fourth-order valence-electron chi connectivity index (χ4n) is 2.91. The van der Waals surface area contributed by atoms with Crippen LogP contribution in [-0.2, 0) is 24.8 Å². The molecule has 1 aliphatic heterocycles. The maximum atomic E-state index is 12.7. The summed E-state index contributed by atoms with van der Waals surface area (Å²) in [6, 6.07) is 11.2. The van der Waals surface area contributed by atoms with Gasteiger partial charge in [-0.25, -0.2) is 16.8 Å². The van der Waals surface area contributed by atoms with E-state index in [1.54, 1.807) is 26.2 Å². The van der Waals surface area contributed by atoms with Crippen LogP contribution < -0.4 is 4.72 Å². The third-order valence-electron chi connectivity index (χ3n) is 4.51. The quantitative estimate of drug-likeness (QED) is 0.703. The molecule has 1 aliphatic rings. The number of nitrogens with zero attached hydrogens (tertiary/aromatic N) is 2. The first-order valence-electron chi connectivity index (χ1n) is 9.14. The summed E-state index contributed by atoms with van der Waals surface area (Å²) < 4.78 is 59.6. The number of morpholine rings is 1. The molecule has 1 amide bonds. The molecule has 0 saturated carbocycles. The molecule has 0 bridgehead atoms. The number of amides is 1. The van der Waals surface area contributed by atoms with Gasteiger partial charge in [-0.15, -0.1) is 0 Å². The molecule has 2 aromatic rings. The summed E-state index contributed by atoms with van der Waals surface area (Å²) >= 11 is 0. The van der Waals surface area contributed by atoms with Crippen LogP contribution in [0.15, 0.2) is 58.3 Å². The van der Waals surface area contributed by atoms with Gasteiger partial charge in [-0.2, -0.15) is 4.31 Å². The van der Waals surface area contributed by atoms with Gasteiger partial charge in [-0.3, -0.25) is 9.52 Å². The number of hydrogen-bond acceptors (Lipinski definition) is 6. The van der Waals surface area contributed by atoms with Crippen molar-refractivity contribution in [2.45, 2.75) is 9.79 Å². The predicted octanol–water partition coefficient (Wildman–Crippen LogP) is 1.21. The van der Waals surface area contributed by atoms with Gasteiger partial charge in [0.15, 0.2) is 0 Å². The minimum absolute atomic E-state index is 0.0157. The predicted molar refractivity (Wildman–Crippen MR) is 111 cm³/mol. The van der Waals surface area contributed by atoms with Crippen LogP contribution in [0, 0.1) is 0 Å². The van der Waals surface area contributed by atoms with Crippen molar-refractivity contribution in [2.75, 3.05) is 45.1 Å². The van der Waals surface area contributed by atoms with Crippen molar-refractivity contribution in [2.24, 2.45) is 0 Å². The molecule has 0 unspecified atom stereocenters. The molecule has 3 rings (SSSR count). The molecule has 0 atom stereocenters. The summed E-state index contributed by atoms with van der Waals surface area (Å²) in [5, 5.41) is 0. The lowest BCUT2D eigenvalue weighted by Crippen LogP contribution is -2.40. The number of hydrogen-bond donors (Lipinski definition) is 1. The SMILES string of the molecule is CN(C)C(=O)c1cccc(NS(=O)(=O)c2ccc(S(=O)(=O)N3CCOCC3)cc2)c1. The smallest absolute Gasteiger partial charge is 0.261 e. The zero-order valence-corrected chi connectivity index (χ0v) is 18.2. The number of benzene rings is 2. The average Bonchev–Trinajstić information content (AvgIpc) is 2.73. The Balaban J connectivity index is 1.80. The van der Waals surface area contributed by atoms with Crippen molar-refractivity contribution in [1.82, 2.24) is 9.21 Å². The number of rotatable bonds is 6. The Morgan fingerprint density at radius 2 is 1.57 bits per heavy atom. The van der Waals surface area contributed by atoms with Crippen LogP contribution in [0.5, 0.6) is 0 Å². The second-order valence-corrected chi connectivity index (χ2v) is 10.5. The standard InChI is InChI=1S/C19H23N3O6S2/c1-21(2)19(23)15-4-3-5-16(14-15)20-29(24,25)17-6-8-18(9-7-17)30(26,27)22-10-12-28-13-11-22/h3-9,14,20H,10-13H2,1-2H3. The monoisotopic (exact) mass is 453 g/mol. The molecular weight excluding hydrogens is 430 g/mol. The highest BCUT2D eigenvalue weighted by Crippen LogP contribution is 2.22. The molecule has 11 heteroatoms. The second-order valence-electron chi connectivity index (χ2n) is 6.87. The molecule has 1 N–H and O–H groups in total. The summed E-state index contributed by atoms with van der Waals surface area (Å²) in [6.45, 7) is 1.16. The third-order valence-corrected chi connectivity index (χ3v) is 7.82. The maximum Gasteiger partial charge on any atom is 0.261 e. The van der Waals surface area contributed by atoms with Crippen molar-refractivity contribution in [1.29, 1.82) is 0 Å². The first-order valence-corrected chi connectivity index (χ1v) is 12.1. The molecule has 1 saturated heterocycles. The molecule has 162 valence electrons. The topological polar surface area (TPSA) is 113 Å². The molecule has 1 heterocycles. The van der Waals surface area contributed by atoms with Crippen LogP contribution in [0.2, 0.25) is 0 Å². The second kappa shape index (κ2) is 8.72. The van der Waals surface area contributed by atoms with Gasteiger partial charge >= 0.3 is 0 Å². The van der Waals surface area contributed by atoms with Gasteiger partial charge in [0.05, 0.1) is 23.0 Å². The van der Waals surface area contributed by atoms with E-state index < -0.39 is 20.0 Å². The van der Waals surface area contributed by atoms with Crippen LogP contribution in [0.3, 0.4) is 0 Å². The van der Waals surface area contributed by atoms with Crippen molar-refractivity contribution < 1.29 is 26.4 Å². The lowest BCUT2D eigenvalue weighted by molar-refractivity contribution is 0.0730. The molecule has 30 heavy (non-hydrogen) atoms. The largest absolute Gasteiger partial charge is 0.379 e. The highest BCUT2D eigenvalue weighted by molar-refractivity contribution is 7.92. The van der Waals surface area contributed by atoms with Crippen molar-refractivity contribution in [3.05, 3.63) is 54.1 Å². The Labute approximate surface area is 176 Å². The van der Waals surface area contributed by atoms with Gasteiger partial charge in [0.1, 0.15) is 0 Å². The van der Waals surface area contributed by atoms with Gasteiger partial charge < -0.3 is 9.64 Å². The van der Waals surface area contributed by atoms with E-state index in [-0.39, 0.29) is 34.5 Å².